The van der Waals surface area contributed by atoms with E-state index in [1.165, 1.54) is 7.11 Å². The Balaban J connectivity index is 3.19. The highest BCUT2D eigenvalue weighted by atomic mass is 16.5. The van der Waals surface area contributed by atoms with Gasteiger partial charge in [0.2, 0.25) is 0 Å². The molecule has 0 fully saturated rings. The van der Waals surface area contributed by atoms with Gasteiger partial charge >= 0.3 is 5.97 Å². The van der Waals surface area contributed by atoms with Crippen LogP contribution in [0.25, 0.3) is 0 Å². The second-order valence-corrected chi connectivity index (χ2v) is 3.81. The summed E-state index contributed by atoms with van der Waals surface area (Å²) in [4.78, 5) is 12.0. The first-order chi connectivity index (χ1) is 8.21. The zero-order valence-electron chi connectivity index (χ0n) is 10.4. The molecule has 4 heteroatoms. The van der Waals surface area contributed by atoms with Crippen LogP contribution in [0.4, 0.5) is 0 Å². The zero-order valence-corrected chi connectivity index (χ0v) is 10.4. The molecule has 17 heavy (non-hydrogen) atoms. The summed E-state index contributed by atoms with van der Waals surface area (Å²) in [6, 6.07) is 9.38. The van der Waals surface area contributed by atoms with Gasteiger partial charge in [0.05, 0.1) is 20.3 Å². The van der Waals surface area contributed by atoms with Crippen molar-refractivity contribution in [2.24, 2.45) is 0 Å². The Morgan fingerprint density at radius 3 is 2.00 bits per heavy atom. The number of carbonyl (C=O) groups excluding carboxylic acids is 1. The van der Waals surface area contributed by atoms with E-state index in [0.717, 1.165) is 5.56 Å². The van der Waals surface area contributed by atoms with Crippen molar-refractivity contribution in [2.75, 3.05) is 34.5 Å². The maximum atomic E-state index is 12.0. The predicted molar refractivity (Wildman–Crippen MR) is 63.9 cm³/mol. The number of benzene rings is 1. The molecule has 0 N–H and O–H groups in total. The third kappa shape index (κ3) is 2.84. The highest BCUT2D eigenvalue weighted by molar-refractivity contribution is 5.83. The first-order valence-electron chi connectivity index (χ1n) is 5.33. The van der Waals surface area contributed by atoms with Gasteiger partial charge in [-0.1, -0.05) is 30.3 Å². The van der Waals surface area contributed by atoms with E-state index in [4.69, 9.17) is 14.2 Å². The Morgan fingerprint density at radius 2 is 1.59 bits per heavy atom. The summed E-state index contributed by atoms with van der Waals surface area (Å²) in [5.74, 6) is -0.354. The summed E-state index contributed by atoms with van der Waals surface area (Å²) in [5, 5.41) is 0. The van der Waals surface area contributed by atoms with Gasteiger partial charge in [-0.25, -0.2) is 0 Å². The summed E-state index contributed by atoms with van der Waals surface area (Å²) < 4.78 is 15.2. The fourth-order valence-electron chi connectivity index (χ4n) is 1.89. The van der Waals surface area contributed by atoms with E-state index in [1.807, 2.05) is 30.3 Å². The smallest absolute Gasteiger partial charge is 0.321 e. The molecule has 0 atom stereocenters. The van der Waals surface area contributed by atoms with Gasteiger partial charge in [-0.15, -0.1) is 0 Å². The lowest BCUT2D eigenvalue weighted by molar-refractivity contribution is -0.152. The van der Waals surface area contributed by atoms with E-state index in [2.05, 4.69) is 0 Å². The van der Waals surface area contributed by atoms with Crippen molar-refractivity contribution in [3.63, 3.8) is 0 Å². The van der Waals surface area contributed by atoms with E-state index >= 15 is 0 Å². The maximum Gasteiger partial charge on any atom is 0.321 e. The molecule has 0 saturated carbocycles. The third-order valence-corrected chi connectivity index (χ3v) is 2.68. The van der Waals surface area contributed by atoms with Crippen LogP contribution in [0, 0.1) is 0 Å². The molecule has 94 valence electrons. The molecule has 1 aromatic carbocycles. The molecule has 0 saturated heterocycles. The molecule has 0 radical (unpaired) electrons. The van der Waals surface area contributed by atoms with Crippen LogP contribution in [0.15, 0.2) is 30.3 Å². The molecule has 4 nitrogen and oxygen atoms in total. The van der Waals surface area contributed by atoms with E-state index in [-0.39, 0.29) is 19.2 Å². The van der Waals surface area contributed by atoms with Crippen molar-refractivity contribution in [1.82, 2.24) is 0 Å². The van der Waals surface area contributed by atoms with Crippen LogP contribution in [0.2, 0.25) is 0 Å². The van der Waals surface area contributed by atoms with Crippen LogP contribution >= 0.6 is 0 Å². The van der Waals surface area contributed by atoms with Crippen LogP contribution in [-0.4, -0.2) is 40.5 Å². The monoisotopic (exact) mass is 238 g/mol. The second-order valence-electron chi connectivity index (χ2n) is 3.81. The summed E-state index contributed by atoms with van der Waals surface area (Å²) in [6.45, 7) is 0.440. The number of esters is 1. The second kappa shape index (κ2) is 6.37. The van der Waals surface area contributed by atoms with Gasteiger partial charge in [0, 0.05) is 14.2 Å². The summed E-state index contributed by atoms with van der Waals surface area (Å²) in [7, 11) is 4.47. The van der Waals surface area contributed by atoms with Crippen molar-refractivity contribution in [2.45, 2.75) is 5.41 Å². The van der Waals surface area contributed by atoms with Crippen LogP contribution < -0.4 is 0 Å². The largest absolute Gasteiger partial charge is 0.468 e. The number of methoxy groups -OCH3 is 3. The van der Waals surface area contributed by atoms with Gasteiger partial charge in [-0.05, 0) is 5.56 Å². The van der Waals surface area contributed by atoms with Crippen molar-refractivity contribution in [3.8, 4) is 0 Å². The molecule has 0 amide bonds. The Morgan fingerprint density at radius 1 is 1.06 bits per heavy atom. The lowest BCUT2D eigenvalue weighted by Gasteiger charge is -2.29. The van der Waals surface area contributed by atoms with Gasteiger partial charge in [-0.3, -0.25) is 4.79 Å². The molecule has 0 aliphatic heterocycles. The normalized spacial score (nSPS) is 11.2. The Hall–Kier alpha value is -1.39. The van der Waals surface area contributed by atoms with Gasteiger partial charge in [0.1, 0.15) is 5.41 Å². The van der Waals surface area contributed by atoms with Gasteiger partial charge in [0.15, 0.2) is 0 Å². The minimum atomic E-state index is -0.903. The summed E-state index contributed by atoms with van der Waals surface area (Å²) in [6.07, 6.45) is 0. The average Bonchev–Trinajstić information content (AvgIpc) is 2.38. The van der Waals surface area contributed by atoms with Gasteiger partial charge in [0.25, 0.3) is 0 Å². The Labute approximate surface area is 101 Å². The van der Waals surface area contributed by atoms with E-state index in [0.29, 0.717) is 0 Å². The zero-order chi connectivity index (χ0) is 12.7. The van der Waals surface area contributed by atoms with Crippen LogP contribution in [-0.2, 0) is 24.4 Å². The van der Waals surface area contributed by atoms with Crippen molar-refractivity contribution < 1.29 is 19.0 Å². The number of carbonyl (C=O) groups is 1. The van der Waals surface area contributed by atoms with E-state index < -0.39 is 5.41 Å². The molecule has 0 heterocycles. The van der Waals surface area contributed by atoms with E-state index in [1.54, 1.807) is 14.2 Å². The Bertz CT molecular complexity index is 342. The number of hydrogen-bond donors (Lipinski definition) is 0. The molecule has 0 aliphatic carbocycles. The van der Waals surface area contributed by atoms with Crippen molar-refractivity contribution in [3.05, 3.63) is 35.9 Å². The molecule has 0 unspecified atom stereocenters. The number of hydrogen-bond acceptors (Lipinski definition) is 4. The van der Waals surface area contributed by atoms with Gasteiger partial charge < -0.3 is 14.2 Å². The topological polar surface area (TPSA) is 44.8 Å². The molecule has 0 spiro atoms. The third-order valence-electron chi connectivity index (χ3n) is 2.68. The molecule has 0 aliphatic rings. The molecule has 1 rings (SSSR count). The van der Waals surface area contributed by atoms with Crippen molar-refractivity contribution in [1.29, 1.82) is 0 Å². The molecule has 0 bridgehead atoms. The standard InChI is InChI=1S/C13H18O4/c1-15-9-13(10-16-2,12(14)17-3)11-7-5-4-6-8-11/h4-8H,9-10H2,1-3H3. The van der Waals surface area contributed by atoms with Gasteiger partial charge in [-0.2, -0.15) is 0 Å². The van der Waals surface area contributed by atoms with Crippen LogP contribution in [0.3, 0.4) is 0 Å². The quantitative estimate of drug-likeness (QED) is 0.702. The lowest BCUT2D eigenvalue weighted by Crippen LogP contribution is -2.45. The summed E-state index contributed by atoms with van der Waals surface area (Å²) >= 11 is 0. The fourth-order valence-corrected chi connectivity index (χ4v) is 1.89. The molecular formula is C13H18O4. The minimum absolute atomic E-state index is 0.220. The predicted octanol–water partition coefficient (Wildman–Crippen LogP) is 1.39. The maximum absolute atomic E-state index is 12.0. The lowest BCUT2D eigenvalue weighted by atomic mass is 9.82. The molecule has 0 aromatic heterocycles. The van der Waals surface area contributed by atoms with E-state index in [9.17, 15) is 4.79 Å². The Kier molecular flexibility index (Phi) is 5.12. The van der Waals surface area contributed by atoms with Crippen LogP contribution in [0.5, 0.6) is 0 Å². The highest BCUT2D eigenvalue weighted by Crippen LogP contribution is 2.26. The minimum Gasteiger partial charge on any atom is -0.468 e. The molecule has 1 aromatic rings. The fraction of sp³-hybridized carbons (Fsp3) is 0.462. The first kappa shape index (κ1) is 13.7. The average molecular weight is 238 g/mol. The number of rotatable bonds is 6. The van der Waals surface area contributed by atoms with Crippen molar-refractivity contribution >= 4 is 5.97 Å². The molecular weight excluding hydrogens is 220 g/mol. The SMILES string of the molecule is COCC(COC)(C(=O)OC)c1ccccc1. The number of ether oxygens (including phenoxy) is 3. The highest BCUT2D eigenvalue weighted by Gasteiger charge is 2.41. The van der Waals surface area contributed by atoms with Crippen LogP contribution in [0.1, 0.15) is 5.56 Å². The summed E-state index contributed by atoms with van der Waals surface area (Å²) in [5.41, 5.74) is -0.0741. The first-order valence-corrected chi connectivity index (χ1v) is 5.33.